The number of nitrogens with zero attached hydrogens (tertiary/aromatic N) is 3. The molecule has 0 aromatic heterocycles. The highest BCUT2D eigenvalue weighted by molar-refractivity contribution is 5.46. The molecule has 1 saturated heterocycles. The van der Waals surface area contributed by atoms with Crippen LogP contribution in [0.3, 0.4) is 0 Å². The standard InChI is InChI=1S/C15H21N3/c1-13(2)15(12-16)18-10-8-17(9-11-18)14-6-4-3-5-7-14/h3-7,13,15H,8-11H2,1-2H3. The number of benzene rings is 1. The molecule has 18 heavy (non-hydrogen) atoms. The van der Waals surface area contributed by atoms with Crippen molar-refractivity contribution in [1.82, 2.24) is 4.90 Å². The van der Waals surface area contributed by atoms with Crippen LogP contribution in [0.2, 0.25) is 0 Å². The number of para-hydroxylation sites is 1. The molecule has 0 amide bonds. The van der Waals surface area contributed by atoms with Gasteiger partial charge in [-0.05, 0) is 18.1 Å². The van der Waals surface area contributed by atoms with Crippen molar-refractivity contribution in [2.24, 2.45) is 5.92 Å². The summed E-state index contributed by atoms with van der Waals surface area (Å²) in [4.78, 5) is 4.70. The first-order valence-electron chi connectivity index (χ1n) is 6.66. The highest BCUT2D eigenvalue weighted by atomic mass is 15.3. The summed E-state index contributed by atoms with van der Waals surface area (Å²) in [5.74, 6) is 0.401. The molecule has 0 N–H and O–H groups in total. The topological polar surface area (TPSA) is 30.3 Å². The van der Waals surface area contributed by atoms with Crippen molar-refractivity contribution < 1.29 is 0 Å². The summed E-state index contributed by atoms with van der Waals surface area (Å²) in [5, 5.41) is 9.23. The van der Waals surface area contributed by atoms with Gasteiger partial charge in [-0.3, -0.25) is 4.90 Å². The minimum Gasteiger partial charge on any atom is -0.369 e. The number of anilines is 1. The average molecular weight is 243 g/mol. The number of hydrogen-bond acceptors (Lipinski definition) is 3. The van der Waals surface area contributed by atoms with Crippen LogP contribution < -0.4 is 4.90 Å². The van der Waals surface area contributed by atoms with Crippen LogP contribution in [0.25, 0.3) is 0 Å². The van der Waals surface area contributed by atoms with Crippen LogP contribution in [0, 0.1) is 17.2 Å². The van der Waals surface area contributed by atoms with Gasteiger partial charge in [0.2, 0.25) is 0 Å². The maximum absolute atomic E-state index is 9.23. The summed E-state index contributed by atoms with van der Waals surface area (Å²) in [5.41, 5.74) is 1.29. The summed E-state index contributed by atoms with van der Waals surface area (Å²) in [6.07, 6.45) is 0. The van der Waals surface area contributed by atoms with Crippen LogP contribution in [0.4, 0.5) is 5.69 Å². The van der Waals surface area contributed by atoms with Crippen molar-refractivity contribution in [2.75, 3.05) is 31.1 Å². The zero-order valence-electron chi connectivity index (χ0n) is 11.2. The van der Waals surface area contributed by atoms with Gasteiger partial charge in [0.05, 0.1) is 6.07 Å². The van der Waals surface area contributed by atoms with Gasteiger partial charge >= 0.3 is 0 Å². The molecule has 0 bridgehead atoms. The first kappa shape index (κ1) is 12.9. The Morgan fingerprint density at radius 3 is 2.17 bits per heavy atom. The number of piperazine rings is 1. The van der Waals surface area contributed by atoms with Crippen LogP contribution in [0.1, 0.15) is 13.8 Å². The predicted octanol–water partition coefficient (Wildman–Crippen LogP) is 2.36. The minimum atomic E-state index is 0.0583. The molecule has 3 heteroatoms. The maximum atomic E-state index is 9.23. The van der Waals surface area contributed by atoms with E-state index >= 15 is 0 Å². The molecule has 1 aromatic carbocycles. The second-order valence-corrected chi connectivity index (χ2v) is 5.18. The molecule has 1 heterocycles. The van der Waals surface area contributed by atoms with Gasteiger partial charge in [0.15, 0.2) is 0 Å². The molecule has 1 aliphatic rings. The van der Waals surface area contributed by atoms with Crippen LogP contribution in [-0.2, 0) is 0 Å². The van der Waals surface area contributed by atoms with Crippen molar-refractivity contribution in [3.8, 4) is 6.07 Å². The predicted molar refractivity (Wildman–Crippen MR) is 74.5 cm³/mol. The van der Waals surface area contributed by atoms with E-state index in [0.717, 1.165) is 26.2 Å². The normalized spacial score (nSPS) is 18.7. The molecule has 0 spiro atoms. The highest BCUT2D eigenvalue weighted by Gasteiger charge is 2.25. The Bertz CT molecular complexity index is 399. The van der Waals surface area contributed by atoms with Gasteiger partial charge in [0.1, 0.15) is 6.04 Å². The summed E-state index contributed by atoms with van der Waals surface area (Å²) in [6, 6.07) is 13.0. The maximum Gasteiger partial charge on any atom is 0.100 e. The van der Waals surface area contributed by atoms with Gasteiger partial charge in [-0.15, -0.1) is 0 Å². The molecular formula is C15H21N3. The fourth-order valence-corrected chi connectivity index (χ4v) is 2.55. The molecule has 1 aliphatic heterocycles. The first-order chi connectivity index (χ1) is 8.72. The SMILES string of the molecule is CC(C)C(C#N)N1CCN(c2ccccc2)CC1. The highest BCUT2D eigenvalue weighted by Crippen LogP contribution is 2.18. The number of rotatable bonds is 3. The third-order valence-corrected chi connectivity index (χ3v) is 3.59. The molecule has 1 aromatic rings. The molecule has 2 rings (SSSR count). The van der Waals surface area contributed by atoms with E-state index in [4.69, 9.17) is 0 Å². The fourth-order valence-electron chi connectivity index (χ4n) is 2.55. The first-order valence-corrected chi connectivity index (χ1v) is 6.66. The Balaban J connectivity index is 1.94. The zero-order valence-corrected chi connectivity index (χ0v) is 11.2. The lowest BCUT2D eigenvalue weighted by molar-refractivity contribution is 0.184. The van der Waals surface area contributed by atoms with Crippen LogP contribution >= 0.6 is 0 Å². The smallest absolute Gasteiger partial charge is 0.100 e. The molecule has 1 atom stereocenters. The van der Waals surface area contributed by atoms with Gasteiger partial charge in [0.25, 0.3) is 0 Å². The number of nitriles is 1. The molecule has 3 nitrogen and oxygen atoms in total. The summed E-state index contributed by atoms with van der Waals surface area (Å²) in [7, 11) is 0. The number of hydrogen-bond donors (Lipinski definition) is 0. The van der Waals surface area contributed by atoms with Gasteiger partial charge in [-0.1, -0.05) is 32.0 Å². The lowest BCUT2D eigenvalue weighted by Crippen LogP contribution is -2.51. The summed E-state index contributed by atoms with van der Waals surface area (Å²) in [6.45, 7) is 8.22. The molecule has 96 valence electrons. The van der Waals surface area contributed by atoms with E-state index in [9.17, 15) is 5.26 Å². The van der Waals surface area contributed by atoms with Crippen molar-refractivity contribution in [1.29, 1.82) is 5.26 Å². The zero-order chi connectivity index (χ0) is 13.0. The van der Waals surface area contributed by atoms with Crippen molar-refractivity contribution >= 4 is 5.69 Å². The Morgan fingerprint density at radius 2 is 1.67 bits per heavy atom. The Labute approximate surface area is 110 Å². The second-order valence-electron chi connectivity index (χ2n) is 5.18. The second kappa shape index (κ2) is 5.88. The van der Waals surface area contributed by atoms with Crippen molar-refractivity contribution in [3.05, 3.63) is 30.3 Å². The van der Waals surface area contributed by atoms with Crippen molar-refractivity contribution in [2.45, 2.75) is 19.9 Å². The van der Waals surface area contributed by atoms with Crippen LogP contribution in [0.15, 0.2) is 30.3 Å². The van der Waals surface area contributed by atoms with Crippen LogP contribution in [0.5, 0.6) is 0 Å². The Kier molecular flexibility index (Phi) is 4.22. The van der Waals surface area contributed by atoms with Gasteiger partial charge < -0.3 is 4.90 Å². The van der Waals surface area contributed by atoms with E-state index in [1.54, 1.807) is 0 Å². The van der Waals surface area contributed by atoms with Crippen LogP contribution in [-0.4, -0.2) is 37.1 Å². The third kappa shape index (κ3) is 2.83. The van der Waals surface area contributed by atoms with E-state index in [1.165, 1.54) is 5.69 Å². The lowest BCUT2D eigenvalue weighted by Gasteiger charge is -2.39. The third-order valence-electron chi connectivity index (χ3n) is 3.59. The van der Waals surface area contributed by atoms with E-state index in [2.05, 4.69) is 54.0 Å². The molecule has 1 fully saturated rings. The molecule has 0 saturated carbocycles. The van der Waals surface area contributed by atoms with Crippen molar-refractivity contribution in [3.63, 3.8) is 0 Å². The van der Waals surface area contributed by atoms with E-state index < -0.39 is 0 Å². The monoisotopic (exact) mass is 243 g/mol. The van der Waals surface area contributed by atoms with Gasteiger partial charge in [0, 0.05) is 31.9 Å². The van der Waals surface area contributed by atoms with E-state index in [0.29, 0.717) is 5.92 Å². The minimum absolute atomic E-state index is 0.0583. The quantitative estimate of drug-likeness (QED) is 0.816. The van der Waals surface area contributed by atoms with Gasteiger partial charge in [-0.2, -0.15) is 5.26 Å². The van der Waals surface area contributed by atoms with E-state index in [1.807, 2.05) is 6.07 Å². The molecule has 0 radical (unpaired) electrons. The fraction of sp³-hybridized carbons (Fsp3) is 0.533. The molecule has 1 unspecified atom stereocenters. The lowest BCUT2D eigenvalue weighted by atomic mass is 10.0. The summed E-state index contributed by atoms with van der Waals surface area (Å²) < 4.78 is 0. The Morgan fingerprint density at radius 1 is 1.06 bits per heavy atom. The van der Waals surface area contributed by atoms with Gasteiger partial charge in [-0.25, -0.2) is 0 Å². The Hall–Kier alpha value is -1.53. The summed E-state index contributed by atoms with van der Waals surface area (Å²) >= 11 is 0. The molecular weight excluding hydrogens is 222 g/mol. The largest absolute Gasteiger partial charge is 0.369 e. The van der Waals surface area contributed by atoms with E-state index in [-0.39, 0.29) is 6.04 Å². The average Bonchev–Trinajstić information content (AvgIpc) is 2.41. The molecule has 0 aliphatic carbocycles.